The summed E-state index contributed by atoms with van der Waals surface area (Å²) in [6, 6.07) is 8.01. The third kappa shape index (κ3) is 2.99. The van der Waals surface area contributed by atoms with Crippen molar-refractivity contribution in [3.05, 3.63) is 34.9 Å². The number of halogens is 1. The van der Waals surface area contributed by atoms with Gasteiger partial charge >= 0.3 is 0 Å². The summed E-state index contributed by atoms with van der Waals surface area (Å²) in [6.07, 6.45) is 3.91. The second-order valence-corrected chi connectivity index (χ2v) is 5.05. The van der Waals surface area contributed by atoms with E-state index in [9.17, 15) is 4.79 Å². The highest BCUT2D eigenvalue weighted by Gasteiger charge is 2.26. The Morgan fingerprint density at radius 2 is 1.76 bits per heavy atom. The van der Waals surface area contributed by atoms with Gasteiger partial charge in [-0.3, -0.25) is 10.2 Å². The topological polar surface area (TPSA) is 55.1 Å². The van der Waals surface area contributed by atoms with Gasteiger partial charge in [0.15, 0.2) is 0 Å². The van der Waals surface area contributed by atoms with Crippen molar-refractivity contribution in [3.8, 4) is 0 Å². The Bertz CT molecular complexity index is 383. The highest BCUT2D eigenvalue weighted by atomic mass is 35.5. The van der Waals surface area contributed by atoms with Crippen molar-refractivity contribution in [1.82, 2.24) is 5.43 Å². The molecule has 0 atom stereocenters. The van der Waals surface area contributed by atoms with Crippen LogP contribution in [0.5, 0.6) is 0 Å². The highest BCUT2D eigenvalue weighted by molar-refractivity contribution is 6.30. The molecule has 0 aliphatic heterocycles. The molecule has 2 rings (SSSR count). The number of nitrogens with one attached hydrogen (secondary N) is 1. The van der Waals surface area contributed by atoms with Gasteiger partial charge in [0.1, 0.15) is 0 Å². The van der Waals surface area contributed by atoms with E-state index in [-0.39, 0.29) is 11.8 Å². The van der Waals surface area contributed by atoms with Gasteiger partial charge < -0.3 is 0 Å². The third-order valence-corrected chi connectivity index (χ3v) is 3.83. The van der Waals surface area contributed by atoms with E-state index in [1.54, 1.807) is 0 Å². The van der Waals surface area contributed by atoms with Crippen molar-refractivity contribution < 1.29 is 4.79 Å². The standard InChI is InChI=1S/C13H17ClN2O/c14-12-7-5-10(6-8-12)9-1-3-11(4-2-9)13(17)16-15/h5-9,11H,1-4,15H2,(H,16,17). The van der Waals surface area contributed by atoms with Crippen molar-refractivity contribution in [2.75, 3.05) is 0 Å². The lowest BCUT2D eigenvalue weighted by atomic mass is 9.78. The zero-order valence-corrected chi connectivity index (χ0v) is 10.4. The summed E-state index contributed by atoms with van der Waals surface area (Å²) < 4.78 is 0. The molecule has 1 saturated carbocycles. The van der Waals surface area contributed by atoms with E-state index < -0.39 is 0 Å². The summed E-state index contributed by atoms with van der Waals surface area (Å²) in [5.41, 5.74) is 3.56. The van der Waals surface area contributed by atoms with Crippen LogP contribution in [0.4, 0.5) is 0 Å². The first kappa shape index (κ1) is 12.4. The van der Waals surface area contributed by atoms with Gasteiger partial charge in [-0.15, -0.1) is 0 Å². The number of hydrogen-bond donors (Lipinski definition) is 2. The number of nitrogens with two attached hydrogens (primary N) is 1. The van der Waals surface area contributed by atoms with Crippen molar-refractivity contribution in [2.24, 2.45) is 11.8 Å². The van der Waals surface area contributed by atoms with Crippen LogP contribution in [0.15, 0.2) is 24.3 Å². The minimum atomic E-state index is -0.0282. The van der Waals surface area contributed by atoms with E-state index in [0.29, 0.717) is 5.92 Å². The van der Waals surface area contributed by atoms with Gasteiger partial charge in [-0.1, -0.05) is 23.7 Å². The minimum absolute atomic E-state index is 0.0282. The molecule has 0 bridgehead atoms. The molecule has 0 saturated heterocycles. The predicted octanol–water partition coefficient (Wildman–Crippen LogP) is 2.60. The van der Waals surface area contributed by atoms with Crippen LogP contribution in [0.2, 0.25) is 5.02 Å². The zero-order valence-electron chi connectivity index (χ0n) is 9.66. The van der Waals surface area contributed by atoms with Crippen LogP contribution in [0, 0.1) is 5.92 Å². The average Bonchev–Trinajstić information content (AvgIpc) is 2.39. The maximum atomic E-state index is 11.4. The summed E-state index contributed by atoms with van der Waals surface area (Å²) in [5.74, 6) is 5.76. The summed E-state index contributed by atoms with van der Waals surface area (Å²) in [7, 11) is 0. The van der Waals surface area contributed by atoms with E-state index >= 15 is 0 Å². The molecule has 0 unspecified atom stereocenters. The number of amides is 1. The fraction of sp³-hybridized carbons (Fsp3) is 0.462. The van der Waals surface area contributed by atoms with E-state index in [1.165, 1.54) is 5.56 Å². The van der Waals surface area contributed by atoms with Crippen LogP contribution < -0.4 is 11.3 Å². The maximum Gasteiger partial charge on any atom is 0.236 e. The van der Waals surface area contributed by atoms with E-state index in [4.69, 9.17) is 17.4 Å². The number of hydrogen-bond acceptors (Lipinski definition) is 2. The van der Waals surface area contributed by atoms with Gasteiger partial charge in [-0.05, 0) is 49.3 Å². The fourth-order valence-corrected chi connectivity index (χ4v) is 2.67. The molecule has 1 fully saturated rings. The molecule has 0 radical (unpaired) electrons. The first-order valence-corrected chi connectivity index (χ1v) is 6.34. The SMILES string of the molecule is NNC(=O)C1CCC(c2ccc(Cl)cc2)CC1. The lowest BCUT2D eigenvalue weighted by Crippen LogP contribution is -2.37. The number of benzene rings is 1. The molecule has 1 aliphatic carbocycles. The average molecular weight is 253 g/mol. The van der Waals surface area contributed by atoms with Gasteiger partial charge in [0, 0.05) is 10.9 Å². The van der Waals surface area contributed by atoms with E-state index in [1.807, 2.05) is 12.1 Å². The van der Waals surface area contributed by atoms with Crippen molar-refractivity contribution in [1.29, 1.82) is 0 Å². The molecule has 4 heteroatoms. The quantitative estimate of drug-likeness (QED) is 0.483. The largest absolute Gasteiger partial charge is 0.294 e. The molecule has 17 heavy (non-hydrogen) atoms. The Hall–Kier alpha value is -1.06. The monoisotopic (exact) mass is 252 g/mol. The smallest absolute Gasteiger partial charge is 0.236 e. The number of hydrazine groups is 1. The molecule has 0 spiro atoms. The van der Waals surface area contributed by atoms with Crippen LogP contribution in [-0.2, 0) is 4.79 Å². The summed E-state index contributed by atoms with van der Waals surface area (Å²) in [5, 5.41) is 0.768. The Morgan fingerprint density at radius 3 is 2.29 bits per heavy atom. The van der Waals surface area contributed by atoms with Gasteiger partial charge in [-0.25, -0.2) is 5.84 Å². The molecule has 1 aromatic carbocycles. The predicted molar refractivity (Wildman–Crippen MR) is 68.5 cm³/mol. The van der Waals surface area contributed by atoms with Gasteiger partial charge in [-0.2, -0.15) is 0 Å². The Labute approximate surface area is 106 Å². The van der Waals surface area contributed by atoms with E-state index in [0.717, 1.165) is 30.7 Å². The van der Waals surface area contributed by atoms with E-state index in [2.05, 4.69) is 17.6 Å². The number of carbonyl (C=O) groups is 1. The Morgan fingerprint density at radius 1 is 1.18 bits per heavy atom. The Balaban J connectivity index is 1.95. The molecule has 92 valence electrons. The minimum Gasteiger partial charge on any atom is -0.294 e. The lowest BCUT2D eigenvalue weighted by molar-refractivity contribution is -0.126. The van der Waals surface area contributed by atoms with Crippen LogP contribution in [0.3, 0.4) is 0 Å². The fourth-order valence-electron chi connectivity index (χ4n) is 2.54. The maximum absolute atomic E-state index is 11.4. The summed E-state index contributed by atoms with van der Waals surface area (Å²) >= 11 is 5.87. The molecule has 0 heterocycles. The molecule has 1 aromatic rings. The van der Waals surface area contributed by atoms with Crippen molar-refractivity contribution in [2.45, 2.75) is 31.6 Å². The van der Waals surface area contributed by atoms with Gasteiger partial charge in [0.05, 0.1) is 0 Å². The van der Waals surface area contributed by atoms with Gasteiger partial charge in [0.25, 0.3) is 0 Å². The second kappa shape index (κ2) is 5.52. The first-order chi connectivity index (χ1) is 8.20. The number of rotatable bonds is 2. The van der Waals surface area contributed by atoms with Crippen LogP contribution >= 0.6 is 11.6 Å². The molecule has 1 aliphatic rings. The normalized spacial score (nSPS) is 24.4. The third-order valence-electron chi connectivity index (χ3n) is 3.58. The number of carbonyl (C=O) groups excluding carboxylic acids is 1. The molecular weight excluding hydrogens is 236 g/mol. The van der Waals surface area contributed by atoms with Crippen LogP contribution in [-0.4, -0.2) is 5.91 Å². The van der Waals surface area contributed by atoms with Crippen molar-refractivity contribution in [3.63, 3.8) is 0 Å². The summed E-state index contributed by atoms with van der Waals surface area (Å²) in [4.78, 5) is 11.4. The van der Waals surface area contributed by atoms with Crippen LogP contribution in [0.1, 0.15) is 37.2 Å². The molecule has 0 aromatic heterocycles. The highest BCUT2D eigenvalue weighted by Crippen LogP contribution is 2.36. The Kier molecular flexibility index (Phi) is 4.02. The second-order valence-electron chi connectivity index (χ2n) is 4.61. The molecule has 3 N–H and O–H groups in total. The molecule has 3 nitrogen and oxygen atoms in total. The lowest BCUT2D eigenvalue weighted by Gasteiger charge is -2.27. The van der Waals surface area contributed by atoms with Crippen molar-refractivity contribution >= 4 is 17.5 Å². The zero-order chi connectivity index (χ0) is 12.3. The first-order valence-electron chi connectivity index (χ1n) is 5.96. The summed E-state index contributed by atoms with van der Waals surface area (Å²) in [6.45, 7) is 0. The molecule has 1 amide bonds. The van der Waals surface area contributed by atoms with Gasteiger partial charge in [0.2, 0.25) is 5.91 Å². The molecular formula is C13H17ClN2O. The van der Waals surface area contributed by atoms with Crippen LogP contribution in [0.25, 0.3) is 0 Å².